The van der Waals surface area contributed by atoms with E-state index < -0.39 is 5.91 Å². The van der Waals surface area contributed by atoms with E-state index in [4.69, 9.17) is 17.3 Å². The number of rotatable bonds is 4. The maximum Gasteiger partial charge on any atom is 0.253 e. The first-order valence-electron chi connectivity index (χ1n) is 6.44. The Morgan fingerprint density at radius 1 is 1.10 bits per heavy atom. The van der Waals surface area contributed by atoms with Crippen LogP contribution in [0.15, 0.2) is 48.5 Å². The largest absolute Gasteiger partial charge is 0.366 e. The number of hydrogen-bond acceptors (Lipinski definition) is 2. The summed E-state index contributed by atoms with van der Waals surface area (Å²) >= 11 is 5.99. The normalized spacial score (nSPS) is 11.7. The molecular weight excluding hydrogens is 288 g/mol. The molecule has 5 heteroatoms. The highest BCUT2D eigenvalue weighted by atomic mass is 35.5. The minimum absolute atomic E-state index is 0.212. The first-order chi connectivity index (χ1) is 9.99. The van der Waals surface area contributed by atoms with Crippen molar-refractivity contribution in [2.24, 2.45) is 5.73 Å². The van der Waals surface area contributed by atoms with E-state index in [2.05, 4.69) is 5.32 Å². The third kappa shape index (κ3) is 3.61. The fourth-order valence-corrected chi connectivity index (χ4v) is 2.16. The fourth-order valence-electron chi connectivity index (χ4n) is 1.94. The zero-order valence-corrected chi connectivity index (χ0v) is 12.2. The van der Waals surface area contributed by atoms with Gasteiger partial charge in [0.05, 0.1) is 16.6 Å². The summed E-state index contributed by atoms with van der Waals surface area (Å²) in [4.78, 5) is 23.2. The van der Waals surface area contributed by atoms with Gasteiger partial charge < -0.3 is 11.1 Å². The van der Waals surface area contributed by atoms with Gasteiger partial charge in [0.25, 0.3) is 5.91 Å². The van der Waals surface area contributed by atoms with E-state index in [1.54, 1.807) is 48.5 Å². The Bertz CT molecular complexity index is 668. The summed E-state index contributed by atoms with van der Waals surface area (Å²) < 4.78 is 0. The number of primary amides is 1. The van der Waals surface area contributed by atoms with Gasteiger partial charge in [-0.2, -0.15) is 0 Å². The van der Waals surface area contributed by atoms with Crippen molar-refractivity contribution < 1.29 is 9.59 Å². The lowest BCUT2D eigenvalue weighted by Gasteiger charge is -2.15. The second-order valence-corrected chi connectivity index (χ2v) is 5.07. The molecule has 2 aromatic rings. The minimum atomic E-state index is -0.477. The summed E-state index contributed by atoms with van der Waals surface area (Å²) in [7, 11) is 0. The lowest BCUT2D eigenvalue weighted by atomic mass is 10.1. The highest BCUT2D eigenvalue weighted by Crippen LogP contribution is 2.18. The molecule has 2 aromatic carbocycles. The second-order valence-electron chi connectivity index (χ2n) is 4.66. The molecule has 2 rings (SSSR count). The van der Waals surface area contributed by atoms with Crippen molar-refractivity contribution in [1.29, 1.82) is 0 Å². The van der Waals surface area contributed by atoms with E-state index in [1.165, 1.54) is 0 Å². The highest BCUT2D eigenvalue weighted by Gasteiger charge is 2.14. The number of amides is 2. The van der Waals surface area contributed by atoms with Crippen molar-refractivity contribution in [3.63, 3.8) is 0 Å². The van der Waals surface area contributed by atoms with Gasteiger partial charge in [-0.3, -0.25) is 9.59 Å². The van der Waals surface area contributed by atoms with Crippen LogP contribution in [0.2, 0.25) is 5.02 Å². The van der Waals surface area contributed by atoms with Crippen LogP contribution in [0.25, 0.3) is 0 Å². The fraction of sp³-hybridized carbons (Fsp3) is 0.125. The monoisotopic (exact) mass is 302 g/mol. The molecule has 0 heterocycles. The summed E-state index contributed by atoms with van der Waals surface area (Å²) in [5.41, 5.74) is 6.93. The van der Waals surface area contributed by atoms with Gasteiger partial charge in [-0.1, -0.05) is 35.9 Å². The van der Waals surface area contributed by atoms with Crippen LogP contribution in [0.3, 0.4) is 0 Å². The summed E-state index contributed by atoms with van der Waals surface area (Å²) in [5, 5.41) is 3.27. The molecule has 0 saturated carbocycles. The third-order valence-corrected chi connectivity index (χ3v) is 3.49. The highest BCUT2D eigenvalue weighted by molar-refractivity contribution is 6.33. The Kier molecular flexibility index (Phi) is 4.60. The quantitative estimate of drug-likeness (QED) is 0.911. The Balaban J connectivity index is 2.11. The predicted molar refractivity (Wildman–Crippen MR) is 82.3 cm³/mol. The summed E-state index contributed by atoms with van der Waals surface area (Å²) in [5.74, 6) is -0.721. The van der Waals surface area contributed by atoms with Gasteiger partial charge in [0.2, 0.25) is 5.91 Å². The Labute approximate surface area is 127 Å². The molecule has 0 aliphatic rings. The van der Waals surface area contributed by atoms with Gasteiger partial charge in [0.1, 0.15) is 0 Å². The van der Waals surface area contributed by atoms with Crippen LogP contribution in [0.1, 0.15) is 39.2 Å². The number of benzene rings is 2. The van der Waals surface area contributed by atoms with E-state index >= 15 is 0 Å². The van der Waals surface area contributed by atoms with E-state index in [1.807, 2.05) is 6.92 Å². The summed E-state index contributed by atoms with van der Waals surface area (Å²) in [6.45, 7) is 1.86. The smallest absolute Gasteiger partial charge is 0.253 e. The molecule has 0 fully saturated rings. The number of nitrogens with one attached hydrogen (secondary N) is 1. The predicted octanol–water partition coefficient (Wildman–Crippen LogP) is 2.93. The number of halogens is 1. The van der Waals surface area contributed by atoms with Gasteiger partial charge >= 0.3 is 0 Å². The van der Waals surface area contributed by atoms with Crippen molar-refractivity contribution >= 4 is 23.4 Å². The van der Waals surface area contributed by atoms with Crippen LogP contribution in [0, 0.1) is 0 Å². The molecule has 0 aliphatic heterocycles. The molecule has 0 spiro atoms. The molecule has 21 heavy (non-hydrogen) atoms. The number of hydrogen-bond donors (Lipinski definition) is 2. The van der Waals surface area contributed by atoms with E-state index in [9.17, 15) is 9.59 Å². The standard InChI is InChI=1S/C16H15ClN2O2/c1-10(11-6-8-12(9-7-11)15(18)20)19-16(21)13-4-2-3-5-14(13)17/h2-10H,1H3,(H2,18,20)(H,19,21). The van der Waals surface area contributed by atoms with Gasteiger partial charge in [-0.05, 0) is 36.8 Å². The second kappa shape index (κ2) is 6.41. The van der Waals surface area contributed by atoms with E-state index in [0.29, 0.717) is 16.1 Å². The lowest BCUT2D eigenvalue weighted by molar-refractivity contribution is 0.0938. The zero-order valence-electron chi connectivity index (χ0n) is 11.5. The maximum atomic E-state index is 12.2. The molecule has 1 atom stereocenters. The third-order valence-electron chi connectivity index (χ3n) is 3.16. The van der Waals surface area contributed by atoms with Crippen LogP contribution in [0.4, 0.5) is 0 Å². The molecule has 3 N–H and O–H groups in total. The van der Waals surface area contributed by atoms with E-state index in [0.717, 1.165) is 5.56 Å². The summed E-state index contributed by atoms with van der Waals surface area (Å²) in [6.07, 6.45) is 0. The van der Waals surface area contributed by atoms with Gasteiger partial charge in [-0.25, -0.2) is 0 Å². The van der Waals surface area contributed by atoms with Crippen LogP contribution in [-0.4, -0.2) is 11.8 Å². The molecule has 0 aromatic heterocycles. The van der Waals surface area contributed by atoms with Crippen molar-refractivity contribution in [3.05, 3.63) is 70.2 Å². The minimum Gasteiger partial charge on any atom is -0.366 e. The maximum absolute atomic E-state index is 12.2. The SMILES string of the molecule is CC(NC(=O)c1ccccc1Cl)c1ccc(C(N)=O)cc1. The molecule has 0 saturated heterocycles. The van der Waals surface area contributed by atoms with Crippen molar-refractivity contribution in [2.45, 2.75) is 13.0 Å². The van der Waals surface area contributed by atoms with Crippen molar-refractivity contribution in [2.75, 3.05) is 0 Å². The average molecular weight is 303 g/mol. The van der Waals surface area contributed by atoms with Crippen LogP contribution >= 0.6 is 11.6 Å². The molecule has 4 nitrogen and oxygen atoms in total. The lowest BCUT2D eigenvalue weighted by Crippen LogP contribution is -2.27. The van der Waals surface area contributed by atoms with Gasteiger partial charge in [0.15, 0.2) is 0 Å². The van der Waals surface area contributed by atoms with Crippen LogP contribution in [0.5, 0.6) is 0 Å². The van der Waals surface area contributed by atoms with E-state index in [-0.39, 0.29) is 11.9 Å². The first-order valence-corrected chi connectivity index (χ1v) is 6.82. The first kappa shape index (κ1) is 15.1. The van der Waals surface area contributed by atoms with Crippen LogP contribution < -0.4 is 11.1 Å². The molecule has 108 valence electrons. The van der Waals surface area contributed by atoms with Gasteiger partial charge in [0, 0.05) is 5.56 Å². The molecule has 0 radical (unpaired) electrons. The number of nitrogens with two attached hydrogens (primary N) is 1. The zero-order chi connectivity index (χ0) is 15.4. The topological polar surface area (TPSA) is 72.2 Å². The Morgan fingerprint density at radius 2 is 1.71 bits per heavy atom. The molecule has 0 bridgehead atoms. The summed E-state index contributed by atoms with van der Waals surface area (Å²) in [6, 6.07) is 13.4. The van der Waals surface area contributed by atoms with Crippen molar-refractivity contribution in [1.82, 2.24) is 5.32 Å². The molecular formula is C16H15ClN2O2. The number of carbonyl (C=O) groups is 2. The Morgan fingerprint density at radius 3 is 2.29 bits per heavy atom. The van der Waals surface area contributed by atoms with Crippen LogP contribution in [-0.2, 0) is 0 Å². The molecule has 0 aliphatic carbocycles. The molecule has 1 unspecified atom stereocenters. The Hall–Kier alpha value is -2.33. The molecule has 2 amide bonds. The van der Waals surface area contributed by atoms with Crippen molar-refractivity contribution in [3.8, 4) is 0 Å². The van der Waals surface area contributed by atoms with Gasteiger partial charge in [-0.15, -0.1) is 0 Å². The average Bonchev–Trinajstić information content (AvgIpc) is 2.47. The number of carbonyl (C=O) groups excluding carboxylic acids is 2.